The van der Waals surface area contributed by atoms with Gasteiger partial charge >= 0.3 is 0 Å². The third kappa shape index (κ3) is 5.47. The molecule has 1 aromatic rings. The molecule has 2 N–H and O–H groups in total. The van der Waals surface area contributed by atoms with Gasteiger partial charge in [-0.2, -0.15) is 0 Å². The Morgan fingerprint density at radius 1 is 1.48 bits per heavy atom. The fourth-order valence-corrected chi connectivity index (χ4v) is 2.55. The highest BCUT2D eigenvalue weighted by Gasteiger charge is 2.20. The van der Waals surface area contributed by atoms with Crippen LogP contribution >= 0.6 is 24.0 Å². The van der Waals surface area contributed by atoms with Crippen molar-refractivity contribution in [1.29, 1.82) is 0 Å². The van der Waals surface area contributed by atoms with Crippen molar-refractivity contribution in [2.24, 2.45) is 0 Å². The Bertz CT molecular complexity index is 453. The minimum absolute atomic E-state index is 0. The van der Waals surface area contributed by atoms with E-state index in [1.165, 1.54) is 0 Å². The summed E-state index contributed by atoms with van der Waals surface area (Å²) in [6.07, 6.45) is 0. The van der Waals surface area contributed by atoms with Crippen molar-refractivity contribution < 1.29 is 4.79 Å². The predicted octanol–water partition coefficient (Wildman–Crippen LogP) is 2.23. The molecule has 1 amide bonds. The number of nitrogens with one attached hydrogen (secondary N) is 2. The lowest BCUT2D eigenvalue weighted by Crippen LogP contribution is -2.52. The first-order valence-electron chi connectivity index (χ1n) is 7.06. The van der Waals surface area contributed by atoms with Crippen molar-refractivity contribution >= 4 is 29.9 Å². The highest BCUT2D eigenvalue weighted by atomic mass is 35.5. The van der Waals surface area contributed by atoms with Gasteiger partial charge in [-0.15, -0.1) is 12.4 Å². The molecule has 1 aliphatic rings. The Hall–Kier alpha value is -0.810. The number of carbonyl (C=O) groups excluding carboxylic acids is 1. The smallest absolute Gasteiger partial charge is 0.234 e. The third-order valence-electron chi connectivity index (χ3n) is 3.73. The number of amides is 1. The molecule has 1 heterocycles. The number of nitrogens with zero attached hydrogens (tertiary/aromatic N) is 1. The van der Waals surface area contributed by atoms with Crippen LogP contribution in [0, 0.1) is 0 Å². The van der Waals surface area contributed by atoms with Crippen LogP contribution in [0.2, 0.25) is 5.02 Å². The van der Waals surface area contributed by atoms with Crippen LogP contribution in [0.1, 0.15) is 25.5 Å². The fraction of sp³-hybridized carbons (Fsp3) is 0.533. The van der Waals surface area contributed by atoms with Crippen LogP contribution in [-0.2, 0) is 4.79 Å². The lowest BCUT2D eigenvalue weighted by atomic mass is 10.1. The highest BCUT2D eigenvalue weighted by molar-refractivity contribution is 6.30. The van der Waals surface area contributed by atoms with Crippen LogP contribution in [0.3, 0.4) is 0 Å². The zero-order valence-corrected chi connectivity index (χ0v) is 14.0. The Kier molecular flexibility index (Phi) is 7.46. The molecule has 2 rings (SSSR count). The summed E-state index contributed by atoms with van der Waals surface area (Å²) in [5.41, 5.74) is 1.07. The molecular weight excluding hydrogens is 309 g/mol. The van der Waals surface area contributed by atoms with E-state index in [1.807, 2.05) is 31.2 Å². The van der Waals surface area contributed by atoms with Crippen LogP contribution in [0.5, 0.6) is 0 Å². The number of piperazine rings is 1. The van der Waals surface area contributed by atoms with Gasteiger partial charge in [0.05, 0.1) is 12.6 Å². The van der Waals surface area contributed by atoms with Crippen LogP contribution in [-0.4, -0.2) is 43.0 Å². The molecule has 1 unspecified atom stereocenters. The Balaban J connectivity index is 0.00000220. The van der Waals surface area contributed by atoms with E-state index in [-0.39, 0.29) is 24.4 Å². The van der Waals surface area contributed by atoms with Gasteiger partial charge < -0.3 is 10.6 Å². The van der Waals surface area contributed by atoms with Crippen LogP contribution in [0.15, 0.2) is 24.3 Å². The average molecular weight is 332 g/mol. The van der Waals surface area contributed by atoms with E-state index in [0.29, 0.717) is 17.6 Å². The van der Waals surface area contributed by atoms with Crippen molar-refractivity contribution in [1.82, 2.24) is 15.5 Å². The van der Waals surface area contributed by atoms with Crippen LogP contribution in [0.25, 0.3) is 0 Å². The Morgan fingerprint density at radius 3 is 2.76 bits per heavy atom. The molecular formula is C15H23Cl2N3O. The van der Waals surface area contributed by atoms with Crippen molar-refractivity contribution in [3.63, 3.8) is 0 Å². The van der Waals surface area contributed by atoms with E-state index in [1.54, 1.807) is 0 Å². The van der Waals surface area contributed by atoms with E-state index in [9.17, 15) is 4.79 Å². The zero-order chi connectivity index (χ0) is 14.5. The number of hydrogen-bond acceptors (Lipinski definition) is 3. The van der Waals surface area contributed by atoms with Crippen molar-refractivity contribution in [2.75, 3.05) is 26.2 Å². The maximum atomic E-state index is 12.1. The summed E-state index contributed by atoms with van der Waals surface area (Å²) in [5.74, 6) is 0.0706. The van der Waals surface area contributed by atoms with Crippen LogP contribution < -0.4 is 10.6 Å². The quantitative estimate of drug-likeness (QED) is 0.889. The fourth-order valence-electron chi connectivity index (χ4n) is 2.42. The van der Waals surface area contributed by atoms with Gasteiger partial charge in [0.25, 0.3) is 0 Å². The predicted molar refractivity (Wildman–Crippen MR) is 89.2 cm³/mol. The van der Waals surface area contributed by atoms with Gasteiger partial charge in [0.1, 0.15) is 0 Å². The first-order chi connectivity index (χ1) is 9.56. The van der Waals surface area contributed by atoms with Gasteiger partial charge in [-0.3, -0.25) is 9.69 Å². The molecule has 0 aromatic heterocycles. The number of rotatable bonds is 4. The number of benzene rings is 1. The summed E-state index contributed by atoms with van der Waals surface area (Å²) in [7, 11) is 0. The lowest BCUT2D eigenvalue weighted by molar-refractivity contribution is -0.123. The second kappa shape index (κ2) is 8.59. The second-order valence-electron chi connectivity index (χ2n) is 5.36. The van der Waals surface area contributed by atoms with E-state index >= 15 is 0 Å². The van der Waals surface area contributed by atoms with Gasteiger partial charge in [-0.05, 0) is 31.5 Å². The Labute approximate surface area is 137 Å². The molecule has 0 bridgehead atoms. The minimum atomic E-state index is -0.00186. The number of hydrogen-bond donors (Lipinski definition) is 2. The first kappa shape index (κ1) is 18.2. The van der Waals surface area contributed by atoms with E-state index in [2.05, 4.69) is 22.5 Å². The first-order valence-corrected chi connectivity index (χ1v) is 7.43. The summed E-state index contributed by atoms with van der Waals surface area (Å²) < 4.78 is 0. The molecule has 0 aliphatic carbocycles. The normalized spacial score (nSPS) is 20.4. The molecule has 6 heteroatoms. The van der Waals surface area contributed by atoms with Gasteiger partial charge in [-0.1, -0.05) is 23.7 Å². The summed E-state index contributed by atoms with van der Waals surface area (Å²) in [6, 6.07) is 7.98. The number of halogens is 2. The monoisotopic (exact) mass is 331 g/mol. The molecule has 1 fully saturated rings. The molecule has 21 heavy (non-hydrogen) atoms. The molecule has 118 valence electrons. The van der Waals surface area contributed by atoms with Gasteiger partial charge in [0.15, 0.2) is 0 Å². The summed E-state index contributed by atoms with van der Waals surface area (Å²) in [6.45, 7) is 7.40. The molecule has 2 atom stereocenters. The zero-order valence-electron chi connectivity index (χ0n) is 12.4. The number of carbonyl (C=O) groups is 1. The summed E-state index contributed by atoms with van der Waals surface area (Å²) >= 11 is 5.87. The van der Waals surface area contributed by atoms with E-state index in [0.717, 1.165) is 25.2 Å². The van der Waals surface area contributed by atoms with Gasteiger partial charge in [-0.25, -0.2) is 0 Å². The highest BCUT2D eigenvalue weighted by Crippen LogP contribution is 2.16. The second-order valence-corrected chi connectivity index (χ2v) is 5.80. The molecule has 1 aromatic carbocycles. The minimum Gasteiger partial charge on any atom is -0.348 e. The molecule has 4 nitrogen and oxygen atoms in total. The standard InChI is InChI=1S/C15H22ClN3O.ClH/c1-11-9-17-7-8-19(11)10-15(20)18-12(2)13-3-5-14(16)6-4-13;/h3-6,11-12,17H,7-10H2,1-2H3,(H,18,20);1H/t11-,12?;/m1./s1. The molecule has 0 radical (unpaired) electrons. The Morgan fingerprint density at radius 2 is 2.14 bits per heavy atom. The maximum absolute atomic E-state index is 12.1. The van der Waals surface area contributed by atoms with Crippen molar-refractivity contribution in [3.8, 4) is 0 Å². The van der Waals surface area contributed by atoms with Crippen molar-refractivity contribution in [2.45, 2.75) is 25.9 Å². The van der Waals surface area contributed by atoms with Gasteiger partial charge in [0, 0.05) is 30.7 Å². The van der Waals surface area contributed by atoms with E-state index < -0.39 is 0 Å². The largest absolute Gasteiger partial charge is 0.348 e. The lowest BCUT2D eigenvalue weighted by Gasteiger charge is -2.33. The molecule has 0 spiro atoms. The molecule has 0 saturated carbocycles. The van der Waals surface area contributed by atoms with Crippen LogP contribution in [0.4, 0.5) is 0 Å². The molecule has 1 aliphatic heterocycles. The molecule has 1 saturated heterocycles. The SMILES string of the molecule is CC(NC(=O)CN1CCNC[C@H]1C)c1ccc(Cl)cc1.Cl. The summed E-state index contributed by atoms with van der Waals surface area (Å²) in [5, 5.41) is 7.07. The topological polar surface area (TPSA) is 44.4 Å². The maximum Gasteiger partial charge on any atom is 0.234 e. The third-order valence-corrected chi connectivity index (χ3v) is 3.99. The van der Waals surface area contributed by atoms with E-state index in [4.69, 9.17) is 11.6 Å². The summed E-state index contributed by atoms with van der Waals surface area (Å²) in [4.78, 5) is 14.3. The van der Waals surface area contributed by atoms with Crippen molar-refractivity contribution in [3.05, 3.63) is 34.9 Å². The van der Waals surface area contributed by atoms with Gasteiger partial charge in [0.2, 0.25) is 5.91 Å². The average Bonchev–Trinajstić information content (AvgIpc) is 2.42.